The fourth-order valence-electron chi connectivity index (χ4n) is 4.48. The van der Waals surface area contributed by atoms with Crippen LogP contribution in [0.25, 0.3) is 0 Å². The normalized spacial score (nSPS) is 22.6. The molecule has 1 N–H and O–H groups in total. The third kappa shape index (κ3) is 7.27. The van der Waals surface area contributed by atoms with E-state index in [-0.39, 0.29) is 5.91 Å². The first-order chi connectivity index (χ1) is 13.2. The molecule has 4 heteroatoms. The maximum absolute atomic E-state index is 12.3. The van der Waals surface area contributed by atoms with Crippen LogP contribution < -0.4 is 5.32 Å². The van der Waals surface area contributed by atoms with Crippen molar-refractivity contribution in [3.8, 4) is 0 Å². The maximum atomic E-state index is 12.3. The Balaban J connectivity index is 1.30. The second-order valence-corrected chi connectivity index (χ2v) is 8.67. The Labute approximate surface area is 165 Å². The third-order valence-corrected chi connectivity index (χ3v) is 6.17. The predicted molar refractivity (Wildman–Crippen MR) is 112 cm³/mol. The standard InChI is InChI=1S/C23H37N3O/c1-20-11-15-25(16-12-20)17-22-10-6-14-26(18-22)19-23(27)24-13-5-9-21-7-3-2-4-8-21/h2-4,7-8,20,22H,5-6,9-19H2,1H3,(H,24,27). The molecule has 1 aromatic rings. The van der Waals surface area contributed by atoms with Crippen LogP contribution >= 0.6 is 0 Å². The average molecular weight is 372 g/mol. The minimum atomic E-state index is 0.190. The number of benzene rings is 1. The van der Waals surface area contributed by atoms with Crippen molar-refractivity contribution in [3.63, 3.8) is 0 Å². The first-order valence-electron chi connectivity index (χ1n) is 10.9. The highest BCUT2D eigenvalue weighted by atomic mass is 16.2. The van der Waals surface area contributed by atoms with Crippen molar-refractivity contribution in [1.82, 2.24) is 15.1 Å². The molecule has 1 unspecified atom stereocenters. The van der Waals surface area contributed by atoms with Gasteiger partial charge in [0.2, 0.25) is 5.91 Å². The Morgan fingerprint density at radius 3 is 2.63 bits per heavy atom. The molecule has 2 heterocycles. The summed E-state index contributed by atoms with van der Waals surface area (Å²) in [5.41, 5.74) is 1.35. The molecule has 2 aliphatic rings. The number of carbonyl (C=O) groups is 1. The molecular formula is C23H37N3O. The molecule has 4 nitrogen and oxygen atoms in total. The lowest BCUT2D eigenvalue weighted by Crippen LogP contribution is -2.46. The van der Waals surface area contributed by atoms with E-state index in [2.05, 4.69) is 46.3 Å². The van der Waals surface area contributed by atoms with Crippen LogP contribution in [0.3, 0.4) is 0 Å². The molecule has 0 aliphatic carbocycles. The summed E-state index contributed by atoms with van der Waals surface area (Å²) in [6.45, 7) is 9.63. The van der Waals surface area contributed by atoms with Gasteiger partial charge in [-0.25, -0.2) is 0 Å². The smallest absolute Gasteiger partial charge is 0.234 e. The number of hydrogen-bond donors (Lipinski definition) is 1. The Bertz CT molecular complexity index is 554. The number of likely N-dealkylation sites (tertiary alicyclic amines) is 2. The van der Waals surface area contributed by atoms with Crippen LogP contribution in [0.2, 0.25) is 0 Å². The molecule has 1 atom stereocenters. The van der Waals surface area contributed by atoms with Crippen LogP contribution in [0.1, 0.15) is 44.6 Å². The Morgan fingerprint density at radius 2 is 1.85 bits per heavy atom. The average Bonchev–Trinajstić information content (AvgIpc) is 2.68. The quantitative estimate of drug-likeness (QED) is 0.713. The summed E-state index contributed by atoms with van der Waals surface area (Å²) < 4.78 is 0. The van der Waals surface area contributed by atoms with E-state index in [0.717, 1.165) is 44.3 Å². The van der Waals surface area contributed by atoms with Gasteiger partial charge in [-0.2, -0.15) is 0 Å². The second kappa shape index (κ2) is 10.8. The lowest BCUT2D eigenvalue weighted by Gasteiger charge is -2.37. The first kappa shape index (κ1) is 20.3. The van der Waals surface area contributed by atoms with Crippen LogP contribution in [0.4, 0.5) is 0 Å². The van der Waals surface area contributed by atoms with Crippen molar-refractivity contribution < 1.29 is 4.79 Å². The van der Waals surface area contributed by atoms with Gasteiger partial charge in [-0.15, -0.1) is 0 Å². The minimum absolute atomic E-state index is 0.190. The Morgan fingerprint density at radius 1 is 1.07 bits per heavy atom. The van der Waals surface area contributed by atoms with E-state index < -0.39 is 0 Å². The summed E-state index contributed by atoms with van der Waals surface area (Å²) in [6, 6.07) is 10.5. The maximum Gasteiger partial charge on any atom is 0.234 e. The summed E-state index contributed by atoms with van der Waals surface area (Å²) in [7, 11) is 0. The van der Waals surface area contributed by atoms with Crippen molar-refractivity contribution in [2.45, 2.75) is 45.4 Å². The summed E-state index contributed by atoms with van der Waals surface area (Å²) in [4.78, 5) is 17.3. The van der Waals surface area contributed by atoms with Crippen molar-refractivity contribution in [3.05, 3.63) is 35.9 Å². The molecule has 0 spiro atoms. The number of aryl methyl sites for hydroxylation is 1. The zero-order chi connectivity index (χ0) is 18.9. The fraction of sp³-hybridized carbons (Fsp3) is 0.696. The van der Waals surface area contributed by atoms with Crippen LogP contribution in [-0.2, 0) is 11.2 Å². The van der Waals surface area contributed by atoms with Crippen LogP contribution in [0, 0.1) is 11.8 Å². The molecule has 1 aromatic carbocycles. The molecule has 0 aromatic heterocycles. The van der Waals surface area contributed by atoms with Gasteiger partial charge in [0, 0.05) is 19.6 Å². The Hall–Kier alpha value is -1.39. The minimum Gasteiger partial charge on any atom is -0.355 e. The highest BCUT2D eigenvalue weighted by molar-refractivity contribution is 5.77. The number of amides is 1. The van der Waals surface area contributed by atoms with Gasteiger partial charge in [-0.05, 0) is 75.6 Å². The number of rotatable bonds is 8. The SMILES string of the molecule is CC1CCN(CC2CCCN(CC(=O)NCCCc3ccccc3)C2)CC1. The highest BCUT2D eigenvalue weighted by Gasteiger charge is 2.25. The number of carbonyl (C=O) groups excluding carboxylic acids is 1. The zero-order valence-corrected chi connectivity index (χ0v) is 17.0. The summed E-state index contributed by atoms with van der Waals surface area (Å²) in [5.74, 6) is 1.82. The summed E-state index contributed by atoms with van der Waals surface area (Å²) in [6.07, 6.45) is 7.29. The van der Waals surface area contributed by atoms with Gasteiger partial charge in [0.25, 0.3) is 0 Å². The van der Waals surface area contributed by atoms with E-state index >= 15 is 0 Å². The largest absolute Gasteiger partial charge is 0.355 e. The van der Waals surface area contributed by atoms with E-state index in [1.807, 2.05) is 6.07 Å². The van der Waals surface area contributed by atoms with Gasteiger partial charge in [0.05, 0.1) is 6.54 Å². The van der Waals surface area contributed by atoms with Crippen molar-refractivity contribution in [1.29, 1.82) is 0 Å². The van der Waals surface area contributed by atoms with E-state index in [0.29, 0.717) is 6.54 Å². The van der Waals surface area contributed by atoms with Gasteiger partial charge < -0.3 is 10.2 Å². The zero-order valence-electron chi connectivity index (χ0n) is 17.0. The Kier molecular flexibility index (Phi) is 8.15. The molecule has 0 radical (unpaired) electrons. The van der Waals surface area contributed by atoms with Crippen molar-refractivity contribution in [2.75, 3.05) is 45.8 Å². The molecule has 2 saturated heterocycles. The molecule has 2 fully saturated rings. The van der Waals surface area contributed by atoms with E-state index in [1.54, 1.807) is 0 Å². The van der Waals surface area contributed by atoms with Crippen molar-refractivity contribution >= 4 is 5.91 Å². The van der Waals surface area contributed by atoms with E-state index in [1.165, 1.54) is 50.9 Å². The number of nitrogens with zero attached hydrogens (tertiary/aromatic N) is 2. The highest BCUT2D eigenvalue weighted by Crippen LogP contribution is 2.21. The fourth-order valence-corrected chi connectivity index (χ4v) is 4.48. The molecule has 1 amide bonds. The first-order valence-corrected chi connectivity index (χ1v) is 10.9. The second-order valence-electron chi connectivity index (χ2n) is 8.67. The summed E-state index contributed by atoms with van der Waals surface area (Å²) in [5, 5.41) is 3.11. The van der Waals surface area contributed by atoms with E-state index in [4.69, 9.17) is 0 Å². The van der Waals surface area contributed by atoms with Crippen LogP contribution in [-0.4, -0.2) is 61.5 Å². The van der Waals surface area contributed by atoms with E-state index in [9.17, 15) is 4.79 Å². The van der Waals surface area contributed by atoms with Gasteiger partial charge in [0.1, 0.15) is 0 Å². The third-order valence-electron chi connectivity index (χ3n) is 6.17. The van der Waals surface area contributed by atoms with Gasteiger partial charge in [-0.1, -0.05) is 37.3 Å². The molecule has 0 saturated carbocycles. The topological polar surface area (TPSA) is 35.6 Å². The molecule has 2 aliphatic heterocycles. The number of piperidine rings is 2. The molecule has 3 rings (SSSR count). The monoisotopic (exact) mass is 371 g/mol. The predicted octanol–water partition coefficient (Wildman–Crippen LogP) is 3.18. The van der Waals surface area contributed by atoms with Crippen LogP contribution in [0.5, 0.6) is 0 Å². The van der Waals surface area contributed by atoms with Gasteiger partial charge >= 0.3 is 0 Å². The lowest BCUT2D eigenvalue weighted by molar-refractivity contribution is -0.122. The summed E-state index contributed by atoms with van der Waals surface area (Å²) >= 11 is 0. The number of hydrogen-bond acceptors (Lipinski definition) is 3. The van der Waals surface area contributed by atoms with Crippen LogP contribution in [0.15, 0.2) is 30.3 Å². The van der Waals surface area contributed by atoms with Gasteiger partial charge in [0.15, 0.2) is 0 Å². The number of nitrogens with one attached hydrogen (secondary N) is 1. The molecule has 27 heavy (non-hydrogen) atoms. The molecule has 150 valence electrons. The lowest BCUT2D eigenvalue weighted by atomic mass is 9.94. The van der Waals surface area contributed by atoms with Gasteiger partial charge in [-0.3, -0.25) is 9.69 Å². The molecule has 0 bridgehead atoms. The van der Waals surface area contributed by atoms with Crippen molar-refractivity contribution in [2.24, 2.45) is 11.8 Å². The molecular weight excluding hydrogens is 334 g/mol.